The molecule has 0 aliphatic rings. The molecule has 2 aromatic carbocycles. The number of rotatable bonds is 1. The van der Waals surface area contributed by atoms with Gasteiger partial charge in [0.25, 0.3) is 0 Å². The summed E-state index contributed by atoms with van der Waals surface area (Å²) in [6.07, 6.45) is -0.465. The van der Waals surface area contributed by atoms with Gasteiger partial charge in [-0.05, 0) is 45.0 Å². The predicted molar refractivity (Wildman–Crippen MR) is 94.8 cm³/mol. The SMILES string of the molecule is CC(C)(C)OC(=O)NCC#Cc1ccc2oc3ccccc3c2c1. The number of carbonyl (C=O) groups excluding carboxylic acids is 1. The number of furan rings is 1. The number of para-hydroxylation sites is 1. The minimum atomic E-state index is -0.509. The smallest absolute Gasteiger partial charge is 0.408 e. The second-order valence-corrected chi connectivity index (χ2v) is 6.47. The number of carbonyl (C=O) groups is 1. The molecule has 0 spiro atoms. The number of fused-ring (bicyclic) bond motifs is 3. The Hall–Kier alpha value is -2.93. The number of ether oxygens (including phenoxy) is 1. The summed E-state index contributed by atoms with van der Waals surface area (Å²) in [6.45, 7) is 5.70. The van der Waals surface area contributed by atoms with Crippen LogP contribution in [-0.2, 0) is 4.74 Å². The van der Waals surface area contributed by atoms with E-state index in [1.54, 1.807) is 0 Å². The number of alkyl carbamates (subject to hydrolysis) is 1. The van der Waals surface area contributed by atoms with E-state index in [0.29, 0.717) is 0 Å². The van der Waals surface area contributed by atoms with Crippen molar-refractivity contribution in [2.24, 2.45) is 0 Å². The minimum Gasteiger partial charge on any atom is -0.456 e. The second kappa shape index (κ2) is 6.29. The van der Waals surface area contributed by atoms with Gasteiger partial charge in [-0.3, -0.25) is 0 Å². The average molecular weight is 321 g/mol. The molecule has 0 bridgehead atoms. The lowest BCUT2D eigenvalue weighted by molar-refractivity contribution is 0.0535. The zero-order valence-corrected chi connectivity index (χ0v) is 14.0. The van der Waals surface area contributed by atoms with Crippen LogP contribution in [0.2, 0.25) is 0 Å². The average Bonchev–Trinajstić information content (AvgIpc) is 2.88. The Bertz CT molecular complexity index is 952. The molecule has 0 radical (unpaired) electrons. The summed E-state index contributed by atoms with van der Waals surface area (Å²) in [5.74, 6) is 5.98. The molecule has 0 fully saturated rings. The van der Waals surface area contributed by atoms with E-state index in [1.165, 1.54) is 0 Å². The summed E-state index contributed by atoms with van der Waals surface area (Å²) in [7, 11) is 0. The first-order valence-corrected chi connectivity index (χ1v) is 7.79. The van der Waals surface area contributed by atoms with Crippen molar-refractivity contribution in [2.45, 2.75) is 26.4 Å². The van der Waals surface area contributed by atoms with E-state index in [9.17, 15) is 4.79 Å². The molecule has 0 atom stereocenters. The maximum Gasteiger partial charge on any atom is 0.408 e. The first kappa shape index (κ1) is 15.9. The molecule has 1 aromatic heterocycles. The van der Waals surface area contributed by atoms with Crippen LogP contribution in [0.5, 0.6) is 0 Å². The molecule has 4 nitrogen and oxygen atoms in total. The van der Waals surface area contributed by atoms with Crippen molar-refractivity contribution in [3.63, 3.8) is 0 Å². The van der Waals surface area contributed by atoms with E-state index in [2.05, 4.69) is 17.2 Å². The quantitative estimate of drug-likeness (QED) is 0.673. The van der Waals surface area contributed by atoms with Crippen molar-refractivity contribution < 1.29 is 13.9 Å². The van der Waals surface area contributed by atoms with Crippen LogP contribution in [0.4, 0.5) is 4.79 Å². The first-order chi connectivity index (χ1) is 11.4. The molecular formula is C20H19NO3. The fraction of sp³-hybridized carbons (Fsp3) is 0.250. The predicted octanol–water partition coefficient (Wildman–Crippen LogP) is 4.46. The highest BCUT2D eigenvalue weighted by Gasteiger charge is 2.15. The Morgan fingerprint density at radius 3 is 2.67 bits per heavy atom. The summed E-state index contributed by atoms with van der Waals surface area (Å²) >= 11 is 0. The van der Waals surface area contributed by atoms with Crippen LogP contribution in [0.15, 0.2) is 46.9 Å². The van der Waals surface area contributed by atoms with Crippen molar-refractivity contribution in [1.82, 2.24) is 5.32 Å². The van der Waals surface area contributed by atoms with Crippen LogP contribution >= 0.6 is 0 Å². The molecule has 3 rings (SSSR count). The topological polar surface area (TPSA) is 51.5 Å². The van der Waals surface area contributed by atoms with Crippen LogP contribution in [0.25, 0.3) is 21.9 Å². The highest BCUT2D eigenvalue weighted by molar-refractivity contribution is 6.05. The van der Waals surface area contributed by atoms with Crippen LogP contribution in [0.1, 0.15) is 26.3 Å². The fourth-order valence-corrected chi connectivity index (χ4v) is 2.38. The van der Waals surface area contributed by atoms with E-state index in [-0.39, 0.29) is 6.54 Å². The zero-order chi connectivity index (χ0) is 17.2. The van der Waals surface area contributed by atoms with Gasteiger partial charge in [0.1, 0.15) is 16.8 Å². The normalized spacial score (nSPS) is 11.1. The maximum atomic E-state index is 11.5. The van der Waals surface area contributed by atoms with Gasteiger partial charge < -0.3 is 14.5 Å². The summed E-state index contributed by atoms with van der Waals surface area (Å²) < 4.78 is 10.9. The van der Waals surface area contributed by atoms with Crippen molar-refractivity contribution in [1.29, 1.82) is 0 Å². The Kier molecular flexibility index (Phi) is 4.18. The maximum absolute atomic E-state index is 11.5. The lowest BCUT2D eigenvalue weighted by Gasteiger charge is -2.18. The minimum absolute atomic E-state index is 0.235. The highest BCUT2D eigenvalue weighted by Crippen LogP contribution is 2.28. The monoisotopic (exact) mass is 321 g/mol. The number of hydrogen-bond donors (Lipinski definition) is 1. The lowest BCUT2D eigenvalue weighted by Crippen LogP contribution is -2.32. The van der Waals surface area contributed by atoms with Crippen LogP contribution < -0.4 is 5.32 Å². The van der Waals surface area contributed by atoms with Crippen LogP contribution in [0.3, 0.4) is 0 Å². The molecule has 3 aromatic rings. The fourth-order valence-electron chi connectivity index (χ4n) is 2.38. The Morgan fingerprint density at radius 2 is 1.88 bits per heavy atom. The van der Waals surface area contributed by atoms with Gasteiger partial charge in [-0.25, -0.2) is 4.79 Å². The molecule has 0 aliphatic heterocycles. The molecule has 0 unspecified atom stereocenters. The molecule has 0 aliphatic carbocycles. The third-order valence-corrected chi connectivity index (χ3v) is 3.33. The van der Waals surface area contributed by atoms with Crippen molar-refractivity contribution >= 4 is 28.0 Å². The van der Waals surface area contributed by atoms with Gasteiger partial charge in [-0.1, -0.05) is 30.0 Å². The van der Waals surface area contributed by atoms with Gasteiger partial charge in [0.05, 0.1) is 6.54 Å². The molecular weight excluding hydrogens is 302 g/mol. The Balaban J connectivity index is 1.72. The molecule has 1 N–H and O–H groups in total. The lowest BCUT2D eigenvalue weighted by atomic mass is 10.1. The van der Waals surface area contributed by atoms with Gasteiger partial charge in [-0.15, -0.1) is 0 Å². The number of hydrogen-bond acceptors (Lipinski definition) is 3. The molecule has 0 saturated carbocycles. The second-order valence-electron chi connectivity index (χ2n) is 6.47. The Morgan fingerprint density at radius 1 is 1.12 bits per heavy atom. The highest BCUT2D eigenvalue weighted by atomic mass is 16.6. The summed E-state index contributed by atoms with van der Waals surface area (Å²) in [4.78, 5) is 11.5. The van der Waals surface area contributed by atoms with Crippen molar-refractivity contribution in [3.05, 3.63) is 48.0 Å². The standard InChI is InChI=1S/C20H19NO3/c1-20(2,3)24-19(22)21-12-6-7-14-10-11-18-16(13-14)15-8-4-5-9-17(15)23-18/h4-5,8-11,13H,12H2,1-3H3,(H,21,22). The number of nitrogens with one attached hydrogen (secondary N) is 1. The van der Waals surface area contributed by atoms with Crippen LogP contribution in [-0.4, -0.2) is 18.2 Å². The summed E-state index contributed by atoms with van der Waals surface area (Å²) in [5, 5.41) is 4.73. The third kappa shape index (κ3) is 3.69. The third-order valence-electron chi connectivity index (χ3n) is 3.33. The van der Waals surface area contributed by atoms with E-state index < -0.39 is 11.7 Å². The van der Waals surface area contributed by atoms with E-state index in [0.717, 1.165) is 27.5 Å². The van der Waals surface area contributed by atoms with Gasteiger partial charge in [0.15, 0.2) is 0 Å². The molecule has 1 heterocycles. The molecule has 24 heavy (non-hydrogen) atoms. The van der Waals surface area contributed by atoms with Crippen molar-refractivity contribution in [2.75, 3.05) is 6.54 Å². The van der Waals surface area contributed by atoms with E-state index >= 15 is 0 Å². The number of amides is 1. The Labute approximate surface area is 140 Å². The largest absolute Gasteiger partial charge is 0.456 e. The van der Waals surface area contributed by atoms with Gasteiger partial charge in [0.2, 0.25) is 0 Å². The van der Waals surface area contributed by atoms with E-state index in [4.69, 9.17) is 9.15 Å². The zero-order valence-electron chi connectivity index (χ0n) is 14.0. The molecule has 1 amide bonds. The summed E-state index contributed by atoms with van der Waals surface area (Å²) in [5.41, 5.74) is 2.07. The van der Waals surface area contributed by atoms with E-state index in [1.807, 2.05) is 63.2 Å². The summed E-state index contributed by atoms with van der Waals surface area (Å²) in [6, 6.07) is 13.7. The van der Waals surface area contributed by atoms with Gasteiger partial charge in [-0.2, -0.15) is 0 Å². The van der Waals surface area contributed by atoms with Gasteiger partial charge >= 0.3 is 6.09 Å². The molecule has 4 heteroatoms. The molecule has 0 saturated heterocycles. The molecule has 122 valence electrons. The van der Waals surface area contributed by atoms with Crippen molar-refractivity contribution in [3.8, 4) is 11.8 Å². The van der Waals surface area contributed by atoms with Crippen LogP contribution in [0, 0.1) is 11.8 Å². The number of benzene rings is 2. The first-order valence-electron chi connectivity index (χ1n) is 7.79. The van der Waals surface area contributed by atoms with Gasteiger partial charge in [0, 0.05) is 16.3 Å².